The molecule has 1 unspecified atom stereocenters. The Morgan fingerprint density at radius 1 is 1.36 bits per heavy atom. The van der Waals surface area contributed by atoms with Crippen LogP contribution in [0.3, 0.4) is 0 Å². The molecule has 1 aliphatic rings. The van der Waals surface area contributed by atoms with Crippen molar-refractivity contribution in [1.29, 1.82) is 0 Å². The number of hydrogen-bond acceptors (Lipinski definition) is 6. The van der Waals surface area contributed by atoms with Crippen LogP contribution < -0.4 is 5.32 Å². The molecule has 0 bridgehead atoms. The lowest BCUT2D eigenvalue weighted by Crippen LogP contribution is -2.41. The average Bonchev–Trinajstić information content (AvgIpc) is 3.11. The predicted molar refractivity (Wildman–Crippen MR) is 106 cm³/mol. The van der Waals surface area contributed by atoms with Crippen LogP contribution in [0.25, 0.3) is 11.5 Å². The molecule has 3 heterocycles. The number of nitrogens with one attached hydrogen (secondary N) is 1. The van der Waals surface area contributed by atoms with Crippen molar-refractivity contribution in [3.63, 3.8) is 0 Å². The van der Waals surface area contributed by atoms with E-state index in [1.165, 1.54) is 12.1 Å². The molecule has 0 aliphatic carbocycles. The molecule has 4 rings (SSSR count). The zero-order chi connectivity index (χ0) is 19.5. The normalized spacial score (nSPS) is 17.6. The standard InChI is InChI=1S/C20H21ClFN5O/c1-13-24-20(28-26-13)17-5-2-8-23-19(17)25-16-4-3-9-27(12-16)11-14-6-7-15(22)10-18(14)21/h2,5-8,10,16H,3-4,9,11-12H2,1H3,(H,23,25). The van der Waals surface area contributed by atoms with Crippen molar-refractivity contribution in [3.8, 4) is 11.5 Å². The monoisotopic (exact) mass is 401 g/mol. The van der Waals surface area contributed by atoms with Gasteiger partial charge in [-0.3, -0.25) is 4.90 Å². The lowest BCUT2D eigenvalue weighted by atomic mass is 10.0. The molecule has 146 valence electrons. The zero-order valence-corrected chi connectivity index (χ0v) is 16.3. The van der Waals surface area contributed by atoms with Gasteiger partial charge in [0.05, 0.1) is 5.56 Å². The smallest absolute Gasteiger partial charge is 0.261 e. The Balaban J connectivity index is 1.46. The highest BCUT2D eigenvalue weighted by Crippen LogP contribution is 2.27. The van der Waals surface area contributed by atoms with Gasteiger partial charge in [-0.15, -0.1) is 0 Å². The van der Waals surface area contributed by atoms with Crippen LogP contribution in [0, 0.1) is 12.7 Å². The van der Waals surface area contributed by atoms with E-state index < -0.39 is 0 Å². The Labute approximate surface area is 167 Å². The van der Waals surface area contributed by atoms with Crippen molar-refractivity contribution in [2.24, 2.45) is 0 Å². The van der Waals surface area contributed by atoms with E-state index in [1.807, 2.05) is 12.1 Å². The van der Waals surface area contributed by atoms with Crippen LogP contribution >= 0.6 is 11.6 Å². The predicted octanol–water partition coefficient (Wildman–Crippen LogP) is 4.31. The van der Waals surface area contributed by atoms with Gasteiger partial charge in [-0.05, 0) is 56.1 Å². The fraction of sp³-hybridized carbons (Fsp3) is 0.350. The van der Waals surface area contributed by atoms with Crippen LogP contribution in [0.1, 0.15) is 24.2 Å². The number of pyridine rings is 1. The van der Waals surface area contributed by atoms with Crippen molar-refractivity contribution in [2.45, 2.75) is 32.4 Å². The number of aromatic nitrogens is 3. The molecule has 8 heteroatoms. The van der Waals surface area contributed by atoms with Gasteiger partial charge in [-0.2, -0.15) is 4.98 Å². The molecule has 1 aliphatic heterocycles. The van der Waals surface area contributed by atoms with Gasteiger partial charge in [-0.1, -0.05) is 22.8 Å². The van der Waals surface area contributed by atoms with Crippen molar-refractivity contribution in [3.05, 3.63) is 58.8 Å². The van der Waals surface area contributed by atoms with E-state index in [9.17, 15) is 4.39 Å². The number of benzene rings is 1. The number of aryl methyl sites for hydroxylation is 1. The first-order chi connectivity index (χ1) is 13.6. The van der Waals surface area contributed by atoms with Gasteiger partial charge >= 0.3 is 0 Å². The molecular weight excluding hydrogens is 381 g/mol. The summed E-state index contributed by atoms with van der Waals surface area (Å²) in [5, 5.41) is 7.85. The highest BCUT2D eigenvalue weighted by molar-refractivity contribution is 6.31. The van der Waals surface area contributed by atoms with E-state index >= 15 is 0 Å². The SMILES string of the molecule is Cc1noc(-c2cccnc2NC2CCCN(Cc3ccc(F)cc3Cl)C2)n1. The second-order valence-corrected chi connectivity index (χ2v) is 7.41. The molecule has 0 radical (unpaired) electrons. The number of nitrogens with zero attached hydrogens (tertiary/aromatic N) is 4. The topological polar surface area (TPSA) is 67.1 Å². The zero-order valence-electron chi connectivity index (χ0n) is 15.5. The number of likely N-dealkylation sites (tertiary alicyclic amines) is 1. The van der Waals surface area contributed by atoms with Gasteiger partial charge in [0.15, 0.2) is 5.82 Å². The van der Waals surface area contributed by atoms with E-state index in [4.69, 9.17) is 16.1 Å². The van der Waals surface area contributed by atoms with E-state index in [0.29, 0.717) is 23.3 Å². The summed E-state index contributed by atoms with van der Waals surface area (Å²) in [6, 6.07) is 8.57. The van der Waals surface area contributed by atoms with Crippen molar-refractivity contribution in [2.75, 3.05) is 18.4 Å². The number of hydrogen-bond donors (Lipinski definition) is 1. The van der Waals surface area contributed by atoms with E-state index in [-0.39, 0.29) is 11.9 Å². The highest BCUT2D eigenvalue weighted by Gasteiger charge is 2.23. The van der Waals surface area contributed by atoms with E-state index in [2.05, 4.69) is 25.3 Å². The lowest BCUT2D eigenvalue weighted by Gasteiger charge is -2.33. The molecule has 1 saturated heterocycles. The Kier molecular flexibility index (Phi) is 5.54. The van der Waals surface area contributed by atoms with Gasteiger partial charge in [0.25, 0.3) is 5.89 Å². The number of rotatable bonds is 5. The van der Waals surface area contributed by atoms with Crippen LogP contribution in [0.2, 0.25) is 5.02 Å². The van der Waals surface area contributed by atoms with Crippen LogP contribution in [0.4, 0.5) is 10.2 Å². The Morgan fingerprint density at radius 3 is 3.04 bits per heavy atom. The molecule has 1 N–H and O–H groups in total. The molecule has 1 aromatic carbocycles. The van der Waals surface area contributed by atoms with Gasteiger partial charge < -0.3 is 9.84 Å². The number of anilines is 1. The second-order valence-electron chi connectivity index (χ2n) is 7.00. The van der Waals surface area contributed by atoms with Gasteiger partial charge in [0, 0.05) is 30.4 Å². The van der Waals surface area contributed by atoms with Crippen molar-refractivity contribution < 1.29 is 8.91 Å². The molecule has 6 nitrogen and oxygen atoms in total. The van der Waals surface area contributed by atoms with Gasteiger partial charge in [0.2, 0.25) is 0 Å². The summed E-state index contributed by atoms with van der Waals surface area (Å²) in [5.74, 6) is 1.47. The third-order valence-electron chi connectivity index (χ3n) is 4.82. The average molecular weight is 402 g/mol. The minimum Gasteiger partial charge on any atom is -0.365 e. The minimum absolute atomic E-state index is 0.227. The van der Waals surface area contributed by atoms with Crippen LogP contribution in [0.15, 0.2) is 41.1 Å². The summed E-state index contributed by atoms with van der Waals surface area (Å²) in [4.78, 5) is 11.1. The third-order valence-corrected chi connectivity index (χ3v) is 5.17. The molecule has 1 fully saturated rings. The van der Waals surface area contributed by atoms with E-state index in [1.54, 1.807) is 19.2 Å². The molecule has 2 aromatic heterocycles. The number of piperidine rings is 1. The van der Waals surface area contributed by atoms with Crippen molar-refractivity contribution >= 4 is 17.4 Å². The Morgan fingerprint density at radius 2 is 2.25 bits per heavy atom. The molecule has 0 spiro atoms. The largest absolute Gasteiger partial charge is 0.365 e. The van der Waals surface area contributed by atoms with Gasteiger partial charge in [0.1, 0.15) is 11.6 Å². The molecule has 0 saturated carbocycles. The third kappa shape index (κ3) is 4.31. The summed E-state index contributed by atoms with van der Waals surface area (Å²) in [5.41, 5.74) is 1.73. The lowest BCUT2D eigenvalue weighted by molar-refractivity contribution is 0.208. The fourth-order valence-corrected chi connectivity index (χ4v) is 3.73. The number of halogens is 2. The maximum Gasteiger partial charge on any atom is 0.261 e. The van der Waals surface area contributed by atoms with Crippen LogP contribution in [-0.4, -0.2) is 39.2 Å². The first-order valence-electron chi connectivity index (χ1n) is 9.27. The summed E-state index contributed by atoms with van der Waals surface area (Å²) < 4.78 is 18.6. The second kappa shape index (κ2) is 8.24. The summed E-state index contributed by atoms with van der Waals surface area (Å²) in [7, 11) is 0. The highest BCUT2D eigenvalue weighted by atomic mass is 35.5. The molecule has 1 atom stereocenters. The minimum atomic E-state index is -0.314. The van der Waals surface area contributed by atoms with Crippen LogP contribution in [-0.2, 0) is 6.54 Å². The summed E-state index contributed by atoms with van der Waals surface area (Å²) in [6.45, 7) is 4.29. The maximum atomic E-state index is 13.3. The van der Waals surface area contributed by atoms with Crippen molar-refractivity contribution in [1.82, 2.24) is 20.0 Å². The Hall–Kier alpha value is -2.51. The van der Waals surface area contributed by atoms with E-state index in [0.717, 1.165) is 42.9 Å². The summed E-state index contributed by atoms with van der Waals surface area (Å²) in [6.07, 6.45) is 3.83. The first-order valence-corrected chi connectivity index (χ1v) is 9.65. The Bertz CT molecular complexity index is 963. The molecule has 0 amide bonds. The first kappa shape index (κ1) is 18.8. The fourth-order valence-electron chi connectivity index (χ4n) is 3.50. The molecule has 28 heavy (non-hydrogen) atoms. The van der Waals surface area contributed by atoms with Crippen LogP contribution in [0.5, 0.6) is 0 Å². The molecular formula is C20H21ClFN5O. The maximum absolute atomic E-state index is 13.3. The molecule has 3 aromatic rings. The quantitative estimate of drug-likeness (QED) is 0.687. The summed E-state index contributed by atoms with van der Waals surface area (Å²) >= 11 is 6.19. The van der Waals surface area contributed by atoms with Gasteiger partial charge in [-0.25, -0.2) is 9.37 Å².